The van der Waals surface area contributed by atoms with Gasteiger partial charge in [-0.3, -0.25) is 20.2 Å². The predicted molar refractivity (Wildman–Crippen MR) is 80.8 cm³/mol. The van der Waals surface area contributed by atoms with E-state index >= 15 is 0 Å². The Morgan fingerprint density at radius 3 is 1.73 bits per heavy atom. The minimum Gasteiger partial charge on any atom is -1.00 e. The first-order chi connectivity index (χ1) is 9.81. The van der Waals surface area contributed by atoms with Gasteiger partial charge in [0.15, 0.2) is 0 Å². The Kier molecular flexibility index (Phi) is 8.62. The van der Waals surface area contributed by atoms with E-state index in [4.69, 9.17) is 23.2 Å². The number of nitrogens with zero attached hydrogens (tertiary/aromatic N) is 3. The van der Waals surface area contributed by atoms with E-state index in [1.54, 1.807) is 0 Å². The third kappa shape index (κ3) is 5.92. The molecule has 0 fully saturated rings. The fraction of sp³-hybridized carbons (Fsp3) is 0.500. The van der Waals surface area contributed by atoms with Crippen LogP contribution in [-0.4, -0.2) is 46.2 Å². The second kappa shape index (κ2) is 9.09. The van der Waals surface area contributed by atoms with Crippen LogP contribution < -0.4 is 12.4 Å². The number of hydrogen-bond donors (Lipinski definition) is 0. The van der Waals surface area contributed by atoms with Gasteiger partial charge in [-0.2, -0.15) is 0 Å². The molecular formula is C12H16Cl3N3O4. The molecule has 10 heteroatoms. The van der Waals surface area contributed by atoms with Gasteiger partial charge >= 0.3 is 0 Å². The van der Waals surface area contributed by atoms with Crippen molar-refractivity contribution in [2.45, 2.75) is 6.54 Å². The molecule has 0 aromatic heterocycles. The normalized spacial score (nSPS) is 10.9. The third-order valence-electron chi connectivity index (χ3n) is 3.20. The number of halogens is 3. The van der Waals surface area contributed by atoms with Crippen LogP contribution in [0.2, 0.25) is 0 Å². The van der Waals surface area contributed by atoms with Crippen LogP contribution in [0.4, 0.5) is 11.4 Å². The van der Waals surface area contributed by atoms with Crippen LogP contribution in [0.5, 0.6) is 0 Å². The summed E-state index contributed by atoms with van der Waals surface area (Å²) in [4.78, 5) is 20.5. The highest BCUT2D eigenvalue weighted by atomic mass is 35.5. The van der Waals surface area contributed by atoms with Gasteiger partial charge in [0.2, 0.25) is 0 Å². The molecule has 0 amide bonds. The maximum atomic E-state index is 10.9. The van der Waals surface area contributed by atoms with E-state index in [-0.39, 0.29) is 23.8 Å². The smallest absolute Gasteiger partial charge is 0.276 e. The molecule has 0 spiro atoms. The van der Waals surface area contributed by atoms with E-state index in [1.807, 2.05) is 7.05 Å². The Morgan fingerprint density at radius 1 is 1.00 bits per heavy atom. The van der Waals surface area contributed by atoms with Crippen LogP contribution >= 0.6 is 23.2 Å². The Labute approximate surface area is 144 Å². The number of rotatable bonds is 8. The summed E-state index contributed by atoms with van der Waals surface area (Å²) in [5, 5.41) is 21.8. The summed E-state index contributed by atoms with van der Waals surface area (Å²) in [5.41, 5.74) is -0.0568. The summed E-state index contributed by atoms with van der Waals surface area (Å²) in [7, 11) is 1.91. The van der Waals surface area contributed by atoms with Crippen molar-refractivity contribution in [1.29, 1.82) is 0 Å². The summed E-state index contributed by atoms with van der Waals surface area (Å²) in [6.07, 6.45) is 0. The average Bonchev–Trinajstić information content (AvgIpc) is 2.38. The van der Waals surface area contributed by atoms with Gasteiger partial charge in [0.25, 0.3) is 11.4 Å². The number of benzene rings is 1. The molecule has 0 bridgehead atoms. The number of quaternary nitrogens is 1. The molecule has 22 heavy (non-hydrogen) atoms. The number of hydrogen-bond acceptors (Lipinski definition) is 4. The molecule has 0 N–H and O–H groups in total. The van der Waals surface area contributed by atoms with Gasteiger partial charge in [-0.1, -0.05) is 0 Å². The maximum Gasteiger partial charge on any atom is 0.276 e. The standard InChI is InChI=1S/C12H16Cl2N3O4.ClH/c1-17(4-2-13,5-3-14)9-10-6-11(15(18)19)8-12(7-10)16(20)21;/h6-8H,2-5,9H2,1H3;1H/q+1;/p-1. The van der Waals surface area contributed by atoms with Crippen LogP contribution in [0, 0.1) is 20.2 Å². The number of non-ortho nitro benzene ring substituents is 2. The lowest BCUT2D eigenvalue weighted by molar-refractivity contribution is -0.918. The maximum absolute atomic E-state index is 10.9. The van der Waals surface area contributed by atoms with E-state index in [0.717, 1.165) is 6.07 Å². The second-order valence-corrected chi connectivity index (χ2v) is 5.73. The molecule has 0 heterocycles. The molecule has 1 aromatic carbocycles. The van der Waals surface area contributed by atoms with Crippen molar-refractivity contribution < 1.29 is 26.7 Å². The molecule has 0 aliphatic rings. The van der Waals surface area contributed by atoms with Gasteiger partial charge in [-0.05, 0) is 0 Å². The average molecular weight is 373 g/mol. The first kappa shape index (κ1) is 20.9. The molecule has 0 radical (unpaired) electrons. The van der Waals surface area contributed by atoms with Crippen LogP contribution in [0.3, 0.4) is 0 Å². The molecule has 0 unspecified atom stereocenters. The molecule has 0 atom stereocenters. The SMILES string of the molecule is C[N+](CCCl)(CCCl)Cc1cc([N+](=O)[O-])cc([N+](=O)[O-])c1.[Cl-]. The quantitative estimate of drug-likeness (QED) is 0.277. The van der Waals surface area contributed by atoms with Gasteiger partial charge in [-0.15, -0.1) is 23.2 Å². The molecule has 0 saturated heterocycles. The van der Waals surface area contributed by atoms with Crippen molar-refractivity contribution in [3.8, 4) is 0 Å². The van der Waals surface area contributed by atoms with Crippen LogP contribution in [0.15, 0.2) is 18.2 Å². The zero-order valence-electron chi connectivity index (χ0n) is 11.9. The Hall–Kier alpha value is -1.15. The van der Waals surface area contributed by atoms with Crippen molar-refractivity contribution in [1.82, 2.24) is 0 Å². The van der Waals surface area contributed by atoms with Gasteiger partial charge in [-0.25, -0.2) is 0 Å². The Bertz CT molecular complexity index is 504. The van der Waals surface area contributed by atoms with Crippen LogP contribution in [-0.2, 0) is 6.54 Å². The minimum atomic E-state index is -0.635. The Morgan fingerprint density at radius 2 is 1.41 bits per heavy atom. The molecule has 1 rings (SSSR count). The molecule has 1 aromatic rings. The minimum absolute atomic E-state index is 0. The van der Waals surface area contributed by atoms with E-state index < -0.39 is 9.85 Å². The highest BCUT2D eigenvalue weighted by molar-refractivity contribution is 6.18. The van der Waals surface area contributed by atoms with E-state index in [2.05, 4.69) is 0 Å². The summed E-state index contributed by atoms with van der Waals surface area (Å²) in [6, 6.07) is 3.66. The third-order valence-corrected chi connectivity index (χ3v) is 3.54. The summed E-state index contributed by atoms with van der Waals surface area (Å²) in [6.45, 7) is 1.62. The summed E-state index contributed by atoms with van der Waals surface area (Å²) < 4.78 is 0.464. The zero-order valence-corrected chi connectivity index (χ0v) is 14.1. The van der Waals surface area contributed by atoms with Crippen LogP contribution in [0.25, 0.3) is 0 Å². The van der Waals surface area contributed by atoms with Crippen molar-refractivity contribution in [3.63, 3.8) is 0 Å². The van der Waals surface area contributed by atoms with E-state index in [1.165, 1.54) is 12.1 Å². The first-order valence-corrected chi connectivity index (χ1v) is 7.26. The number of alkyl halides is 2. The van der Waals surface area contributed by atoms with Gasteiger partial charge < -0.3 is 16.9 Å². The van der Waals surface area contributed by atoms with Gasteiger partial charge in [0.1, 0.15) is 6.54 Å². The molecular weight excluding hydrogens is 357 g/mol. The first-order valence-electron chi connectivity index (χ1n) is 6.19. The molecule has 0 aliphatic carbocycles. The largest absolute Gasteiger partial charge is 1.00 e. The summed E-state index contributed by atoms with van der Waals surface area (Å²) in [5.74, 6) is 0.814. The topological polar surface area (TPSA) is 86.3 Å². The summed E-state index contributed by atoms with van der Waals surface area (Å²) >= 11 is 11.6. The van der Waals surface area contributed by atoms with E-state index in [0.29, 0.717) is 41.4 Å². The highest BCUT2D eigenvalue weighted by Crippen LogP contribution is 2.25. The van der Waals surface area contributed by atoms with E-state index in [9.17, 15) is 20.2 Å². The van der Waals surface area contributed by atoms with Crippen molar-refractivity contribution in [3.05, 3.63) is 44.0 Å². The monoisotopic (exact) mass is 371 g/mol. The highest BCUT2D eigenvalue weighted by Gasteiger charge is 2.24. The van der Waals surface area contributed by atoms with Crippen molar-refractivity contribution >= 4 is 34.6 Å². The van der Waals surface area contributed by atoms with Gasteiger partial charge in [0, 0.05) is 17.7 Å². The molecule has 0 aliphatic heterocycles. The number of nitro benzene ring substituents is 2. The van der Waals surface area contributed by atoms with Crippen molar-refractivity contribution in [2.24, 2.45) is 0 Å². The molecule has 0 saturated carbocycles. The lowest BCUT2D eigenvalue weighted by atomic mass is 10.1. The molecule has 7 nitrogen and oxygen atoms in total. The Balaban J connectivity index is 0.00000441. The fourth-order valence-electron chi connectivity index (χ4n) is 2.08. The lowest BCUT2D eigenvalue weighted by Crippen LogP contribution is -3.00. The fourth-order valence-corrected chi connectivity index (χ4v) is 2.89. The number of nitro groups is 2. The second-order valence-electron chi connectivity index (χ2n) is 4.97. The van der Waals surface area contributed by atoms with Gasteiger partial charge in [0.05, 0.1) is 47.8 Å². The van der Waals surface area contributed by atoms with Crippen molar-refractivity contribution in [2.75, 3.05) is 31.9 Å². The zero-order chi connectivity index (χ0) is 16.0. The predicted octanol–water partition coefficient (Wildman–Crippen LogP) is -0.0688. The lowest BCUT2D eigenvalue weighted by Gasteiger charge is -2.33. The van der Waals surface area contributed by atoms with Crippen LogP contribution in [0.1, 0.15) is 5.56 Å². The molecule has 124 valence electrons.